The molecule has 0 saturated carbocycles. The standard InChI is InChI=1S/C33H39N3O5/c1-6-17-34(24-11-9-8-10-12-24)29(38)26-27-30(39)36(19-20-37)28(33(27)16-15-32(26,5)41-33)31(40)35(18-7-2)25-21-22(3)13-14-23(25)4/h6-14,21,26-28,37H,1-2,15-20H2,3-5H3/t26-,27-,28?,32+,33?/m0/s1. The summed E-state index contributed by atoms with van der Waals surface area (Å²) >= 11 is 0. The van der Waals surface area contributed by atoms with Crippen molar-refractivity contribution in [3.05, 3.63) is 85.0 Å². The van der Waals surface area contributed by atoms with Crippen molar-refractivity contribution >= 4 is 29.1 Å². The van der Waals surface area contributed by atoms with Crippen molar-refractivity contribution in [2.75, 3.05) is 36.0 Å². The molecule has 1 spiro atoms. The van der Waals surface area contributed by atoms with Crippen LogP contribution in [0.2, 0.25) is 0 Å². The Kier molecular flexibility index (Phi) is 7.66. The van der Waals surface area contributed by atoms with Gasteiger partial charge in [0, 0.05) is 31.0 Å². The first kappa shape index (κ1) is 28.8. The third-order valence-electron chi connectivity index (χ3n) is 9.00. The van der Waals surface area contributed by atoms with Crippen molar-refractivity contribution in [1.29, 1.82) is 0 Å². The second kappa shape index (κ2) is 10.9. The van der Waals surface area contributed by atoms with Gasteiger partial charge in [0.25, 0.3) is 5.91 Å². The lowest BCUT2D eigenvalue weighted by molar-refractivity contribution is -0.145. The van der Waals surface area contributed by atoms with Crippen LogP contribution >= 0.6 is 0 Å². The molecule has 2 aromatic carbocycles. The molecule has 1 N–H and O–H groups in total. The lowest BCUT2D eigenvalue weighted by atomic mass is 9.66. The second-order valence-electron chi connectivity index (χ2n) is 11.6. The first-order chi connectivity index (χ1) is 19.6. The van der Waals surface area contributed by atoms with Gasteiger partial charge in [0.15, 0.2) is 0 Å². The Hall–Kier alpha value is -3.75. The topological polar surface area (TPSA) is 90.4 Å². The van der Waals surface area contributed by atoms with Gasteiger partial charge in [-0.1, -0.05) is 42.5 Å². The van der Waals surface area contributed by atoms with Gasteiger partial charge in [-0.15, -0.1) is 13.2 Å². The molecule has 3 fully saturated rings. The molecule has 2 bridgehead atoms. The lowest BCUT2D eigenvalue weighted by Gasteiger charge is -2.37. The minimum atomic E-state index is -1.19. The zero-order valence-electron chi connectivity index (χ0n) is 24.1. The molecule has 3 aliphatic rings. The number of aliphatic hydroxyl groups is 1. The van der Waals surface area contributed by atoms with E-state index in [9.17, 15) is 19.5 Å². The molecule has 8 heteroatoms. The molecule has 3 aliphatic heterocycles. The van der Waals surface area contributed by atoms with E-state index in [-0.39, 0.29) is 44.0 Å². The van der Waals surface area contributed by atoms with Crippen LogP contribution in [0.3, 0.4) is 0 Å². The minimum absolute atomic E-state index is 0.0295. The SMILES string of the molecule is C=CCN(C(=O)[C@@H]1[C@H]2C(=O)N(CCO)C(C(=O)N(CC=C)c3cc(C)ccc3C)C23CC[C@@]1(C)O3)c1ccccc1. The number of β-amino-alcohol motifs (C(OH)–C–C–N with tert-alkyl or cyclic N) is 1. The zero-order chi connectivity index (χ0) is 29.5. The molecule has 2 unspecified atom stereocenters. The van der Waals surface area contributed by atoms with Gasteiger partial charge in [-0.05, 0) is 62.9 Å². The number of hydrogen-bond acceptors (Lipinski definition) is 5. The van der Waals surface area contributed by atoms with Crippen molar-refractivity contribution in [2.45, 2.75) is 50.9 Å². The third kappa shape index (κ3) is 4.50. The highest BCUT2D eigenvalue weighted by Gasteiger charge is 2.78. The highest BCUT2D eigenvalue weighted by molar-refractivity contribution is 6.07. The Bertz CT molecular complexity index is 1380. The number of ether oxygens (including phenoxy) is 1. The van der Waals surface area contributed by atoms with Gasteiger partial charge in [0.2, 0.25) is 11.8 Å². The molecule has 3 saturated heterocycles. The van der Waals surface area contributed by atoms with Crippen LogP contribution in [0.5, 0.6) is 0 Å². The molecule has 3 amide bonds. The average Bonchev–Trinajstić information content (AvgIpc) is 3.52. The van der Waals surface area contributed by atoms with Gasteiger partial charge >= 0.3 is 0 Å². The predicted octanol–water partition coefficient (Wildman–Crippen LogP) is 3.80. The van der Waals surface area contributed by atoms with Gasteiger partial charge in [-0.2, -0.15) is 0 Å². The summed E-state index contributed by atoms with van der Waals surface area (Å²) in [5, 5.41) is 9.98. The normalized spacial score (nSPS) is 28.0. The van der Waals surface area contributed by atoms with Crippen LogP contribution in [0.25, 0.3) is 0 Å². The van der Waals surface area contributed by atoms with Gasteiger partial charge in [-0.3, -0.25) is 14.4 Å². The van der Waals surface area contributed by atoms with Crippen LogP contribution in [0, 0.1) is 25.7 Å². The van der Waals surface area contributed by atoms with Crippen molar-refractivity contribution in [3.63, 3.8) is 0 Å². The molecule has 3 heterocycles. The van der Waals surface area contributed by atoms with E-state index in [0.29, 0.717) is 18.5 Å². The molecular formula is C33H39N3O5. The fourth-order valence-corrected chi connectivity index (χ4v) is 7.25. The summed E-state index contributed by atoms with van der Waals surface area (Å²) in [6.45, 7) is 13.7. The predicted molar refractivity (Wildman–Crippen MR) is 158 cm³/mol. The quantitative estimate of drug-likeness (QED) is 0.449. The number of rotatable bonds is 10. The summed E-state index contributed by atoms with van der Waals surface area (Å²) in [7, 11) is 0. The van der Waals surface area contributed by atoms with Gasteiger partial charge in [-0.25, -0.2) is 0 Å². The largest absolute Gasteiger partial charge is 0.395 e. The number of hydrogen-bond donors (Lipinski definition) is 1. The van der Waals surface area contributed by atoms with Crippen LogP contribution in [0.15, 0.2) is 73.8 Å². The molecule has 41 heavy (non-hydrogen) atoms. The summed E-state index contributed by atoms with van der Waals surface area (Å²) in [5.74, 6) is -2.50. The summed E-state index contributed by atoms with van der Waals surface area (Å²) in [4.78, 5) is 47.9. The number of fused-ring (bicyclic) bond motifs is 1. The summed E-state index contributed by atoms with van der Waals surface area (Å²) in [5.41, 5.74) is 1.24. The maximum atomic E-state index is 14.6. The number of nitrogens with zero attached hydrogens (tertiary/aromatic N) is 3. The van der Waals surface area contributed by atoms with E-state index in [4.69, 9.17) is 4.74 Å². The first-order valence-electron chi connectivity index (χ1n) is 14.2. The molecule has 8 nitrogen and oxygen atoms in total. The molecule has 2 aromatic rings. The number of amides is 3. The van der Waals surface area contributed by atoms with Crippen molar-refractivity contribution in [2.24, 2.45) is 11.8 Å². The number of benzene rings is 2. The maximum absolute atomic E-state index is 14.6. The highest BCUT2D eigenvalue weighted by Crippen LogP contribution is 2.63. The molecule has 216 valence electrons. The van der Waals surface area contributed by atoms with E-state index in [1.165, 1.54) is 4.90 Å². The van der Waals surface area contributed by atoms with Crippen LogP contribution < -0.4 is 9.80 Å². The average molecular weight is 558 g/mol. The highest BCUT2D eigenvalue weighted by atomic mass is 16.5. The van der Waals surface area contributed by atoms with E-state index >= 15 is 0 Å². The van der Waals surface area contributed by atoms with Crippen molar-refractivity contribution in [3.8, 4) is 0 Å². The Balaban J connectivity index is 1.60. The van der Waals surface area contributed by atoms with Crippen molar-refractivity contribution < 1.29 is 24.2 Å². The number of para-hydroxylation sites is 1. The van der Waals surface area contributed by atoms with Crippen LogP contribution in [-0.2, 0) is 19.1 Å². The molecule has 5 rings (SSSR count). The Morgan fingerprint density at radius 3 is 2.39 bits per heavy atom. The zero-order valence-corrected chi connectivity index (χ0v) is 24.1. The smallest absolute Gasteiger partial charge is 0.253 e. The summed E-state index contributed by atoms with van der Waals surface area (Å²) < 4.78 is 6.78. The molecule has 5 atom stereocenters. The fraction of sp³-hybridized carbons (Fsp3) is 0.424. The lowest BCUT2D eigenvalue weighted by Crippen LogP contribution is -2.57. The molecule has 0 aromatic heterocycles. The van der Waals surface area contributed by atoms with Crippen molar-refractivity contribution in [1.82, 2.24) is 4.90 Å². The Morgan fingerprint density at radius 2 is 1.73 bits per heavy atom. The number of carbonyl (C=O) groups is 3. The van der Waals surface area contributed by atoms with E-state index < -0.39 is 29.1 Å². The third-order valence-corrected chi connectivity index (χ3v) is 9.00. The van der Waals surface area contributed by atoms with E-state index in [0.717, 1.165) is 16.8 Å². The Labute approximate surface area is 241 Å². The van der Waals surface area contributed by atoms with Crippen LogP contribution in [0.4, 0.5) is 11.4 Å². The monoisotopic (exact) mass is 557 g/mol. The van der Waals surface area contributed by atoms with Crippen LogP contribution in [-0.4, -0.2) is 71.2 Å². The number of aryl methyl sites for hydroxylation is 2. The van der Waals surface area contributed by atoms with E-state index in [1.807, 2.05) is 69.3 Å². The summed E-state index contributed by atoms with van der Waals surface area (Å²) in [6, 6.07) is 14.2. The van der Waals surface area contributed by atoms with E-state index in [1.54, 1.807) is 22.0 Å². The second-order valence-corrected chi connectivity index (χ2v) is 11.6. The fourth-order valence-electron chi connectivity index (χ4n) is 7.25. The van der Waals surface area contributed by atoms with Gasteiger partial charge in [0.05, 0.1) is 24.0 Å². The number of aliphatic hydroxyl groups excluding tert-OH is 1. The maximum Gasteiger partial charge on any atom is 0.253 e. The Morgan fingerprint density at radius 1 is 1.05 bits per heavy atom. The molecule has 0 aliphatic carbocycles. The molecule has 0 radical (unpaired) electrons. The van der Waals surface area contributed by atoms with E-state index in [2.05, 4.69) is 13.2 Å². The minimum Gasteiger partial charge on any atom is -0.395 e. The van der Waals surface area contributed by atoms with Gasteiger partial charge in [0.1, 0.15) is 11.6 Å². The van der Waals surface area contributed by atoms with Gasteiger partial charge < -0.3 is 24.5 Å². The number of carbonyl (C=O) groups excluding carboxylic acids is 3. The molecular weight excluding hydrogens is 518 g/mol. The first-order valence-corrected chi connectivity index (χ1v) is 14.2. The summed E-state index contributed by atoms with van der Waals surface area (Å²) in [6.07, 6.45) is 4.32. The number of anilines is 2. The van der Waals surface area contributed by atoms with Crippen LogP contribution in [0.1, 0.15) is 30.9 Å². The number of likely N-dealkylation sites (tertiary alicyclic amines) is 1.